The van der Waals surface area contributed by atoms with Crippen LogP contribution in [0.2, 0.25) is 5.02 Å². The van der Waals surface area contributed by atoms with Crippen LogP contribution in [0, 0.1) is 19.7 Å². The molecular formula is C31H36ClFN8O. The summed E-state index contributed by atoms with van der Waals surface area (Å²) in [6.07, 6.45) is 1.28. The van der Waals surface area contributed by atoms with Crippen molar-refractivity contribution in [2.45, 2.75) is 45.8 Å². The highest BCUT2D eigenvalue weighted by atomic mass is 35.5. The van der Waals surface area contributed by atoms with E-state index in [1.165, 1.54) is 6.08 Å². The van der Waals surface area contributed by atoms with Crippen molar-refractivity contribution in [3.8, 4) is 11.1 Å². The zero-order valence-corrected chi connectivity index (χ0v) is 24.6. The van der Waals surface area contributed by atoms with E-state index in [1.807, 2.05) is 44.7 Å². The fraction of sp³-hybridized carbons (Fsp3) is 0.419. The normalized spacial score (nSPS) is 22.4. The van der Waals surface area contributed by atoms with Crippen molar-refractivity contribution in [1.82, 2.24) is 30.0 Å². The quantitative estimate of drug-likeness (QED) is 0.327. The summed E-state index contributed by atoms with van der Waals surface area (Å²) in [7, 11) is 0. The fourth-order valence-electron chi connectivity index (χ4n) is 6.08. The minimum absolute atomic E-state index is 0.00310. The topological polar surface area (TPSA) is 84.5 Å². The molecule has 1 amide bonds. The van der Waals surface area contributed by atoms with Gasteiger partial charge >= 0.3 is 0 Å². The Hall–Kier alpha value is -3.76. The van der Waals surface area contributed by atoms with Crippen molar-refractivity contribution in [3.63, 3.8) is 0 Å². The van der Waals surface area contributed by atoms with Gasteiger partial charge in [-0.25, -0.2) is 9.37 Å². The molecule has 9 nitrogen and oxygen atoms in total. The Bertz CT molecular complexity index is 1930. The third-order valence-electron chi connectivity index (χ3n) is 8.44. The minimum Gasteiger partial charge on any atom is -0.349 e. The number of aromatic amines is 1. The molecule has 11 heteroatoms. The second-order valence-electron chi connectivity index (χ2n) is 11.3. The lowest BCUT2D eigenvalue weighted by atomic mass is 9.94. The maximum Gasteiger partial charge on any atom is 0.246 e. The number of carbonyl (C=O) groups is 1. The van der Waals surface area contributed by atoms with Crippen LogP contribution >= 0.6 is 11.6 Å². The lowest BCUT2D eigenvalue weighted by Crippen LogP contribution is -2.59. The summed E-state index contributed by atoms with van der Waals surface area (Å²) in [5.74, 6) is -0.340. The van der Waals surface area contributed by atoms with Crippen LogP contribution in [0.25, 0.3) is 32.9 Å². The van der Waals surface area contributed by atoms with Crippen LogP contribution in [0.1, 0.15) is 33.3 Å². The molecule has 4 aromatic rings. The van der Waals surface area contributed by atoms with Gasteiger partial charge in [-0.1, -0.05) is 24.2 Å². The first kappa shape index (κ1) is 21.9. The van der Waals surface area contributed by atoms with Gasteiger partial charge in [-0.2, -0.15) is 10.1 Å². The number of likely N-dealkylation sites (N-methyl/N-ethyl adjacent to an activating group) is 1. The van der Waals surface area contributed by atoms with Crippen molar-refractivity contribution in [3.05, 3.63) is 53.0 Å². The molecule has 2 aliphatic rings. The van der Waals surface area contributed by atoms with Crippen molar-refractivity contribution in [2.75, 3.05) is 49.9 Å². The molecule has 2 fully saturated rings. The molecule has 1 N–H and O–H groups in total. The number of nitrogens with zero attached hydrogens (tertiary/aromatic N) is 7. The molecule has 0 spiro atoms. The first-order valence-electron chi connectivity index (χ1n) is 16.8. The Morgan fingerprint density at radius 1 is 1.17 bits per heavy atom. The summed E-state index contributed by atoms with van der Waals surface area (Å²) < 4.78 is 64.1. The number of fused-ring (bicyclic) bond motifs is 2. The fourth-order valence-corrected chi connectivity index (χ4v) is 6.36. The first-order valence-corrected chi connectivity index (χ1v) is 14.2. The number of rotatable bonds is 5. The number of hydrogen-bond acceptors (Lipinski definition) is 7. The van der Waals surface area contributed by atoms with Crippen molar-refractivity contribution in [2.24, 2.45) is 0 Å². The second-order valence-corrected chi connectivity index (χ2v) is 11.7. The number of anilines is 2. The minimum atomic E-state index is -2.85. The number of carbonyl (C=O) groups excluding carboxylic acids is 1. The smallest absolute Gasteiger partial charge is 0.246 e. The van der Waals surface area contributed by atoms with Crippen LogP contribution in [0.3, 0.4) is 0 Å². The molecule has 2 saturated heterocycles. The molecule has 2 aliphatic heterocycles. The van der Waals surface area contributed by atoms with Crippen LogP contribution in [-0.2, 0) is 4.79 Å². The number of benzene rings is 2. The van der Waals surface area contributed by atoms with Gasteiger partial charge in [-0.05, 0) is 65.4 Å². The third-order valence-corrected chi connectivity index (χ3v) is 8.74. The van der Waals surface area contributed by atoms with E-state index >= 15 is 4.39 Å². The zero-order valence-electron chi connectivity index (χ0n) is 29.9. The standard InChI is InChI=1S/C31H36ClFN8O/c1-8-24(42)40-12-18(4)41(13-17(40)3)30-21-11-22(32)27(25-16(2)9-10-23-26(25)19(5)36-37-23)28(33)29(21)34-31(35-30)39-14-20(15-39)38(6)7/h8-11,17-18,20H,1,12-15H2,2-7H3,(H,36,37)/t17-,18+/m1/s1/i6D3,7D3. The number of aromatic nitrogens is 4. The number of hydrogen-bond donors (Lipinski definition) is 1. The molecule has 2 atom stereocenters. The molecule has 0 saturated carbocycles. The van der Waals surface area contributed by atoms with E-state index in [0.717, 1.165) is 16.6 Å². The third kappa shape index (κ3) is 4.48. The summed E-state index contributed by atoms with van der Waals surface area (Å²) in [6.45, 7) is 6.22. The molecule has 0 bridgehead atoms. The maximum atomic E-state index is 17.1. The Morgan fingerprint density at radius 3 is 2.64 bits per heavy atom. The van der Waals surface area contributed by atoms with Gasteiger partial charge in [0.2, 0.25) is 11.9 Å². The average Bonchev–Trinajstić information content (AvgIpc) is 3.35. The van der Waals surface area contributed by atoms with Gasteiger partial charge in [0, 0.05) is 80.1 Å². The molecule has 2 aromatic carbocycles. The highest BCUT2D eigenvalue weighted by Crippen LogP contribution is 2.43. The highest BCUT2D eigenvalue weighted by molar-refractivity contribution is 6.35. The molecule has 2 aromatic heterocycles. The Balaban J connectivity index is 1.52. The lowest BCUT2D eigenvalue weighted by Gasteiger charge is -2.45. The Labute approximate surface area is 258 Å². The number of aryl methyl sites for hydroxylation is 2. The molecule has 220 valence electrons. The number of piperazine rings is 1. The number of amides is 1. The van der Waals surface area contributed by atoms with Crippen molar-refractivity contribution < 1.29 is 17.4 Å². The van der Waals surface area contributed by atoms with E-state index in [-0.39, 0.29) is 53.1 Å². The van der Waals surface area contributed by atoms with Crippen LogP contribution in [0.5, 0.6) is 0 Å². The average molecular weight is 597 g/mol. The SMILES string of the molecule is [2H]C([2H])([2H])N(C1CN(c2nc(N3C[C@@H](C)N(C(=O)C=C)C[C@@H]3C)c3cc(Cl)c(-c4c(C)ccc5n[nH]c(C)c45)c(F)c3n2)C1)C([2H])([2H])[2H]. The van der Waals surface area contributed by atoms with E-state index in [4.69, 9.17) is 24.8 Å². The van der Waals surface area contributed by atoms with E-state index in [1.54, 1.807) is 15.9 Å². The Morgan fingerprint density at radius 2 is 1.93 bits per heavy atom. The Kier molecular flexibility index (Phi) is 5.47. The number of halogens is 2. The monoisotopic (exact) mass is 596 g/mol. The molecule has 0 aliphatic carbocycles. The molecule has 0 radical (unpaired) electrons. The molecule has 4 heterocycles. The van der Waals surface area contributed by atoms with Gasteiger partial charge in [0.05, 0.1) is 10.5 Å². The van der Waals surface area contributed by atoms with E-state index in [0.29, 0.717) is 40.3 Å². The van der Waals surface area contributed by atoms with Crippen LogP contribution in [0.15, 0.2) is 30.9 Å². The van der Waals surface area contributed by atoms with Crippen molar-refractivity contribution in [1.29, 1.82) is 0 Å². The molecule has 42 heavy (non-hydrogen) atoms. The van der Waals surface area contributed by atoms with Gasteiger partial charge in [-0.15, -0.1) is 0 Å². The largest absolute Gasteiger partial charge is 0.349 e. The van der Waals surface area contributed by atoms with E-state index < -0.39 is 25.8 Å². The van der Waals surface area contributed by atoms with Crippen LogP contribution in [-0.4, -0.2) is 94.1 Å². The van der Waals surface area contributed by atoms with Gasteiger partial charge in [0.15, 0.2) is 5.82 Å². The van der Waals surface area contributed by atoms with Gasteiger partial charge in [0.25, 0.3) is 0 Å². The second kappa shape index (κ2) is 10.5. The molecule has 6 rings (SSSR count). The summed E-state index contributed by atoms with van der Waals surface area (Å²) >= 11 is 6.94. The number of nitrogens with one attached hydrogen (secondary N) is 1. The predicted octanol–water partition coefficient (Wildman–Crippen LogP) is 4.94. The predicted molar refractivity (Wildman–Crippen MR) is 167 cm³/mol. The van der Waals surface area contributed by atoms with E-state index in [9.17, 15) is 4.79 Å². The highest BCUT2D eigenvalue weighted by Gasteiger charge is 2.36. The van der Waals surface area contributed by atoms with Gasteiger partial charge in [0.1, 0.15) is 11.3 Å². The van der Waals surface area contributed by atoms with Crippen LogP contribution in [0.4, 0.5) is 16.2 Å². The summed E-state index contributed by atoms with van der Waals surface area (Å²) in [6, 6.07) is 4.05. The van der Waals surface area contributed by atoms with Gasteiger partial charge < -0.3 is 19.6 Å². The molecule has 0 unspecified atom stereocenters. The summed E-state index contributed by atoms with van der Waals surface area (Å²) in [5, 5.41) is 8.57. The summed E-state index contributed by atoms with van der Waals surface area (Å²) in [4.78, 5) is 28.0. The number of H-pyrrole nitrogens is 1. The summed E-state index contributed by atoms with van der Waals surface area (Å²) in [5.41, 5.74) is 2.93. The van der Waals surface area contributed by atoms with E-state index in [2.05, 4.69) is 21.8 Å². The van der Waals surface area contributed by atoms with Crippen molar-refractivity contribution >= 4 is 51.1 Å². The van der Waals surface area contributed by atoms with Gasteiger partial charge in [-0.3, -0.25) is 9.89 Å². The molecular weight excluding hydrogens is 555 g/mol. The van der Waals surface area contributed by atoms with Crippen LogP contribution < -0.4 is 9.80 Å². The first-order chi connectivity index (χ1) is 22.4. The maximum absolute atomic E-state index is 17.1. The lowest BCUT2D eigenvalue weighted by molar-refractivity contribution is -0.128. The zero-order chi connectivity index (χ0) is 35.0.